The number of amidine groups is 1. The van der Waals surface area contributed by atoms with Gasteiger partial charge in [0.2, 0.25) is 0 Å². The lowest BCUT2D eigenvalue weighted by atomic mass is 9.76. The maximum atomic E-state index is 14.7. The highest BCUT2D eigenvalue weighted by molar-refractivity contribution is 6.34. The lowest BCUT2D eigenvalue weighted by molar-refractivity contribution is 0.102. The Morgan fingerprint density at radius 3 is 2.75 bits per heavy atom. The van der Waals surface area contributed by atoms with Crippen molar-refractivity contribution in [2.24, 2.45) is 16.1 Å². The first kappa shape index (κ1) is 18.6. The zero-order valence-electron chi connectivity index (χ0n) is 14.9. The molecule has 1 unspecified atom stereocenters. The van der Waals surface area contributed by atoms with Crippen molar-refractivity contribution in [1.82, 2.24) is 4.98 Å². The van der Waals surface area contributed by atoms with Gasteiger partial charge in [0.1, 0.15) is 22.9 Å². The first-order valence-electron chi connectivity index (χ1n) is 8.65. The molecule has 4 rings (SSSR count). The van der Waals surface area contributed by atoms with Crippen LogP contribution in [0.2, 0.25) is 5.02 Å². The first-order valence-corrected chi connectivity index (χ1v) is 9.02. The number of nitrogens with zero attached hydrogens (tertiary/aromatic N) is 2. The highest BCUT2D eigenvalue weighted by Crippen LogP contribution is 2.62. The molecule has 1 atom stereocenters. The molecule has 0 saturated heterocycles. The number of ether oxygens (including phenoxy) is 1. The summed E-state index contributed by atoms with van der Waals surface area (Å²) in [4.78, 5) is 20.6. The molecule has 0 bridgehead atoms. The van der Waals surface area contributed by atoms with Crippen LogP contribution in [0.3, 0.4) is 0 Å². The summed E-state index contributed by atoms with van der Waals surface area (Å²) in [5.41, 5.74) is 5.04. The van der Waals surface area contributed by atoms with Crippen molar-refractivity contribution >= 4 is 29.2 Å². The molecule has 2 heterocycles. The predicted octanol–water partition coefficient (Wildman–Crippen LogP) is 3.61. The molecule has 9 heteroatoms. The molecular weight excluding hydrogens is 390 g/mol. The van der Waals surface area contributed by atoms with Crippen molar-refractivity contribution in [1.29, 1.82) is 0 Å². The molecule has 1 aromatic heterocycles. The van der Waals surface area contributed by atoms with E-state index in [1.165, 1.54) is 18.2 Å². The predicted molar refractivity (Wildman–Crippen MR) is 100 cm³/mol. The van der Waals surface area contributed by atoms with Gasteiger partial charge in [-0.15, -0.1) is 0 Å². The Balaban J connectivity index is 1.68. The van der Waals surface area contributed by atoms with Crippen LogP contribution < -0.4 is 11.1 Å². The number of carbonyl (C=O) groups is 1. The van der Waals surface area contributed by atoms with E-state index in [-0.39, 0.29) is 22.2 Å². The number of nitrogens with one attached hydrogen (secondary N) is 1. The van der Waals surface area contributed by atoms with E-state index in [9.17, 15) is 13.6 Å². The zero-order chi connectivity index (χ0) is 20.1. The van der Waals surface area contributed by atoms with Crippen LogP contribution in [0, 0.1) is 17.0 Å². The van der Waals surface area contributed by atoms with Gasteiger partial charge in [0.25, 0.3) is 11.9 Å². The Hall–Kier alpha value is -2.74. The number of halogens is 3. The summed E-state index contributed by atoms with van der Waals surface area (Å²) in [6, 6.07) is 5.21. The maximum Gasteiger partial charge on any atom is 0.282 e. The van der Waals surface area contributed by atoms with Crippen molar-refractivity contribution in [3.05, 3.63) is 58.4 Å². The molecule has 1 fully saturated rings. The molecule has 0 radical (unpaired) electrons. The zero-order valence-corrected chi connectivity index (χ0v) is 15.7. The molecule has 1 amide bonds. The normalized spacial score (nSPS) is 22.4. The van der Waals surface area contributed by atoms with Crippen LogP contribution >= 0.6 is 11.6 Å². The Kier molecular flexibility index (Phi) is 4.26. The Bertz CT molecular complexity index is 1010. The number of aromatic nitrogens is 1. The second kappa shape index (κ2) is 6.41. The number of amides is 1. The van der Waals surface area contributed by atoms with E-state index in [1.54, 1.807) is 0 Å². The molecule has 6 nitrogen and oxygen atoms in total. The highest BCUT2D eigenvalue weighted by Gasteiger charge is 2.61. The second-order valence-electron chi connectivity index (χ2n) is 7.22. The summed E-state index contributed by atoms with van der Waals surface area (Å²) in [5, 5.41) is 2.50. The number of anilines is 1. The fourth-order valence-corrected chi connectivity index (χ4v) is 3.84. The van der Waals surface area contributed by atoms with E-state index < -0.39 is 23.1 Å². The summed E-state index contributed by atoms with van der Waals surface area (Å²) in [6.07, 6.45) is 2.57. The summed E-state index contributed by atoms with van der Waals surface area (Å²) in [5.74, 6) is -1.74. The monoisotopic (exact) mass is 406 g/mol. The van der Waals surface area contributed by atoms with E-state index in [1.807, 2.05) is 6.92 Å². The van der Waals surface area contributed by atoms with E-state index in [0.29, 0.717) is 17.9 Å². The van der Waals surface area contributed by atoms with Crippen molar-refractivity contribution in [3.63, 3.8) is 0 Å². The largest absolute Gasteiger partial charge is 0.465 e. The minimum Gasteiger partial charge on any atom is -0.465 e. The summed E-state index contributed by atoms with van der Waals surface area (Å²) >= 11 is 5.88. The second-order valence-corrected chi connectivity index (χ2v) is 7.63. The van der Waals surface area contributed by atoms with E-state index in [2.05, 4.69) is 15.3 Å². The Labute approximate surface area is 164 Å². The molecule has 146 valence electrons. The quantitative estimate of drug-likeness (QED) is 0.814. The third kappa shape index (κ3) is 2.97. The van der Waals surface area contributed by atoms with E-state index >= 15 is 0 Å². The fourth-order valence-electron chi connectivity index (χ4n) is 3.60. The summed E-state index contributed by atoms with van der Waals surface area (Å²) in [6.45, 7) is 2.18. The van der Waals surface area contributed by atoms with Gasteiger partial charge in [-0.05, 0) is 44.0 Å². The molecule has 2 aliphatic rings. The van der Waals surface area contributed by atoms with E-state index in [0.717, 1.165) is 25.1 Å². The van der Waals surface area contributed by atoms with Crippen LogP contribution in [-0.4, -0.2) is 23.5 Å². The van der Waals surface area contributed by atoms with Gasteiger partial charge in [-0.3, -0.25) is 4.79 Å². The molecule has 1 aliphatic heterocycles. The first-order chi connectivity index (χ1) is 13.2. The lowest BCUT2D eigenvalue weighted by Crippen LogP contribution is -2.43. The molecule has 3 N–H and O–H groups in total. The molecule has 2 aromatic rings. The standard InChI is InChI=1S/C19H17ClF2N4O2/c1-18(19(4-5-19)9-28-17(23)26-18)12-7-11(2-3-14(12)22)25-16(27)15-13(20)6-10(21)8-24-15/h2-3,6-8H,4-5,9H2,1H3,(H2,23,26)(H,25,27). The molecule has 28 heavy (non-hydrogen) atoms. The topological polar surface area (TPSA) is 89.6 Å². The van der Waals surface area contributed by atoms with Crippen LogP contribution in [-0.2, 0) is 10.3 Å². The van der Waals surface area contributed by atoms with Gasteiger partial charge in [0.05, 0.1) is 17.8 Å². The minimum absolute atomic E-state index is 0.0103. The summed E-state index contributed by atoms with van der Waals surface area (Å²) < 4.78 is 33.2. The van der Waals surface area contributed by atoms with Gasteiger partial charge in [-0.1, -0.05) is 11.6 Å². The van der Waals surface area contributed by atoms with Crippen molar-refractivity contribution in [2.75, 3.05) is 11.9 Å². The molecule has 1 aromatic carbocycles. The average molecular weight is 407 g/mol. The van der Waals surface area contributed by atoms with Gasteiger partial charge in [-0.2, -0.15) is 0 Å². The number of carbonyl (C=O) groups excluding carboxylic acids is 1. The average Bonchev–Trinajstić information content (AvgIpc) is 3.41. The van der Waals surface area contributed by atoms with Gasteiger partial charge in [0.15, 0.2) is 0 Å². The number of aliphatic imine (C=N–C) groups is 1. The summed E-state index contributed by atoms with van der Waals surface area (Å²) in [7, 11) is 0. The van der Waals surface area contributed by atoms with Crippen molar-refractivity contribution in [3.8, 4) is 0 Å². The number of hydrogen-bond acceptors (Lipinski definition) is 5. The maximum absolute atomic E-state index is 14.7. The van der Waals surface area contributed by atoms with Crippen LogP contribution in [0.5, 0.6) is 0 Å². The third-order valence-electron chi connectivity index (χ3n) is 5.49. The van der Waals surface area contributed by atoms with Crippen molar-refractivity contribution < 1.29 is 18.3 Å². The number of pyridine rings is 1. The molecular formula is C19H17ClF2N4O2. The SMILES string of the molecule is CC1(c2cc(NC(=O)c3ncc(F)cc3Cl)ccc2F)N=C(N)OCC12CC2. The lowest BCUT2D eigenvalue weighted by Gasteiger charge is -2.38. The van der Waals surface area contributed by atoms with Crippen LogP contribution in [0.4, 0.5) is 14.5 Å². The fraction of sp³-hybridized carbons (Fsp3) is 0.316. The van der Waals surface area contributed by atoms with Crippen LogP contribution in [0.1, 0.15) is 35.8 Å². The Morgan fingerprint density at radius 2 is 2.07 bits per heavy atom. The molecule has 1 aliphatic carbocycles. The van der Waals surface area contributed by atoms with Crippen LogP contribution in [0.25, 0.3) is 0 Å². The van der Waals surface area contributed by atoms with Gasteiger partial charge >= 0.3 is 0 Å². The number of hydrogen-bond donors (Lipinski definition) is 2. The van der Waals surface area contributed by atoms with Gasteiger partial charge in [-0.25, -0.2) is 18.8 Å². The van der Waals surface area contributed by atoms with E-state index in [4.69, 9.17) is 22.1 Å². The van der Waals surface area contributed by atoms with Crippen molar-refractivity contribution in [2.45, 2.75) is 25.3 Å². The molecule has 1 saturated carbocycles. The Morgan fingerprint density at radius 1 is 1.32 bits per heavy atom. The number of rotatable bonds is 3. The highest BCUT2D eigenvalue weighted by atomic mass is 35.5. The number of benzene rings is 1. The van der Waals surface area contributed by atoms with Crippen LogP contribution in [0.15, 0.2) is 35.5 Å². The third-order valence-corrected chi connectivity index (χ3v) is 5.78. The number of nitrogens with two attached hydrogens (primary N) is 1. The molecule has 1 spiro atoms. The minimum atomic E-state index is -0.911. The van der Waals surface area contributed by atoms with Gasteiger partial charge < -0.3 is 15.8 Å². The smallest absolute Gasteiger partial charge is 0.282 e. The van der Waals surface area contributed by atoms with Gasteiger partial charge in [0, 0.05) is 16.7 Å².